The summed E-state index contributed by atoms with van der Waals surface area (Å²) in [5.74, 6) is -2.21. The molecular formula is C22H26N2O4. The van der Waals surface area contributed by atoms with Crippen LogP contribution in [-0.2, 0) is 4.79 Å². The highest BCUT2D eigenvalue weighted by Crippen LogP contribution is 2.38. The molecule has 0 aromatic heterocycles. The van der Waals surface area contributed by atoms with Gasteiger partial charge in [-0.2, -0.15) is 0 Å². The molecule has 28 heavy (non-hydrogen) atoms. The molecule has 1 amide bonds. The lowest BCUT2D eigenvalue weighted by Gasteiger charge is -2.35. The highest BCUT2D eigenvalue weighted by atomic mass is 16.4. The summed E-state index contributed by atoms with van der Waals surface area (Å²) >= 11 is 0. The Balaban J connectivity index is 1.93. The highest BCUT2D eigenvalue weighted by Gasteiger charge is 2.29. The normalized spacial score (nSPS) is 17.1. The van der Waals surface area contributed by atoms with E-state index >= 15 is 0 Å². The van der Waals surface area contributed by atoms with Gasteiger partial charge in [0.2, 0.25) is 5.91 Å². The quantitative estimate of drug-likeness (QED) is 0.713. The van der Waals surface area contributed by atoms with Crippen molar-refractivity contribution >= 4 is 17.6 Å². The van der Waals surface area contributed by atoms with Gasteiger partial charge in [-0.3, -0.25) is 4.79 Å². The molecule has 2 unspecified atom stereocenters. The minimum Gasteiger partial charge on any atom is -0.478 e. The molecule has 0 aliphatic carbocycles. The number of nitrogens with zero attached hydrogens (tertiary/aromatic N) is 1. The summed E-state index contributed by atoms with van der Waals surface area (Å²) in [5.41, 5.74) is 8.70. The molecular weight excluding hydrogens is 356 g/mol. The molecule has 2 atom stereocenters. The fourth-order valence-electron chi connectivity index (χ4n) is 3.98. The van der Waals surface area contributed by atoms with Crippen LogP contribution >= 0.6 is 0 Å². The molecule has 4 N–H and O–H groups in total. The third-order valence-corrected chi connectivity index (χ3v) is 5.56. The number of primary amides is 1. The molecule has 148 valence electrons. The number of rotatable bonds is 6. The molecule has 2 aromatic rings. The number of carboxylic acids is 1. The Morgan fingerprint density at radius 3 is 2.25 bits per heavy atom. The van der Waals surface area contributed by atoms with Crippen LogP contribution in [0.2, 0.25) is 0 Å². The maximum Gasteiger partial charge on any atom is 0.335 e. The van der Waals surface area contributed by atoms with E-state index in [2.05, 4.69) is 4.90 Å². The number of benzene rings is 2. The van der Waals surface area contributed by atoms with Crippen LogP contribution in [0.4, 0.5) is 5.69 Å². The molecule has 3 rings (SSSR count). The van der Waals surface area contributed by atoms with Gasteiger partial charge in [0.05, 0.1) is 17.6 Å². The Bertz CT molecular complexity index is 842. The Labute approximate surface area is 164 Å². The van der Waals surface area contributed by atoms with Crippen molar-refractivity contribution in [3.05, 3.63) is 65.2 Å². The second kappa shape index (κ2) is 8.44. The number of carboxylic acid groups (broad SMARTS) is 1. The van der Waals surface area contributed by atoms with Crippen molar-refractivity contribution in [2.45, 2.75) is 37.7 Å². The van der Waals surface area contributed by atoms with Crippen LogP contribution in [0.1, 0.15) is 53.1 Å². The summed E-state index contributed by atoms with van der Waals surface area (Å²) in [5, 5.41) is 18.9. The van der Waals surface area contributed by atoms with Gasteiger partial charge in [-0.25, -0.2) is 4.79 Å². The monoisotopic (exact) mass is 382 g/mol. The zero-order valence-electron chi connectivity index (χ0n) is 15.9. The van der Waals surface area contributed by atoms with E-state index < -0.39 is 17.8 Å². The number of hydrogen-bond donors (Lipinski definition) is 3. The SMILES string of the molecule is CC(c1ccccc1N1CCC(O)CC1)C(C(N)=O)c1ccc(C(=O)O)cc1. The summed E-state index contributed by atoms with van der Waals surface area (Å²) in [6, 6.07) is 14.3. The first-order chi connectivity index (χ1) is 13.4. The van der Waals surface area contributed by atoms with Crippen molar-refractivity contribution in [1.82, 2.24) is 0 Å². The van der Waals surface area contributed by atoms with Gasteiger partial charge in [0.25, 0.3) is 0 Å². The zero-order valence-corrected chi connectivity index (χ0v) is 15.9. The first kappa shape index (κ1) is 19.9. The van der Waals surface area contributed by atoms with Crippen LogP contribution in [-0.4, -0.2) is 41.3 Å². The molecule has 1 heterocycles. The maximum absolute atomic E-state index is 12.3. The molecule has 1 saturated heterocycles. The summed E-state index contributed by atoms with van der Waals surface area (Å²) in [7, 11) is 0. The molecule has 6 nitrogen and oxygen atoms in total. The van der Waals surface area contributed by atoms with Gasteiger partial charge in [-0.15, -0.1) is 0 Å². The van der Waals surface area contributed by atoms with Crippen LogP contribution in [0.15, 0.2) is 48.5 Å². The van der Waals surface area contributed by atoms with E-state index in [1.54, 1.807) is 12.1 Å². The van der Waals surface area contributed by atoms with Crippen molar-refractivity contribution in [2.24, 2.45) is 5.73 Å². The number of carbonyl (C=O) groups excluding carboxylic acids is 1. The lowest BCUT2D eigenvalue weighted by Crippen LogP contribution is -2.37. The molecule has 0 spiro atoms. The number of para-hydroxylation sites is 1. The van der Waals surface area contributed by atoms with Gasteiger partial charge in [0.1, 0.15) is 0 Å². The number of aliphatic hydroxyl groups is 1. The lowest BCUT2D eigenvalue weighted by molar-refractivity contribution is -0.119. The number of nitrogens with two attached hydrogens (primary N) is 1. The number of piperidine rings is 1. The van der Waals surface area contributed by atoms with Crippen molar-refractivity contribution in [1.29, 1.82) is 0 Å². The Morgan fingerprint density at radius 2 is 1.68 bits per heavy atom. The molecule has 0 radical (unpaired) electrons. The van der Waals surface area contributed by atoms with E-state index in [0.29, 0.717) is 5.56 Å². The molecule has 2 aromatic carbocycles. The van der Waals surface area contributed by atoms with Gasteiger partial charge in [-0.1, -0.05) is 37.3 Å². The zero-order chi connectivity index (χ0) is 20.3. The summed E-state index contributed by atoms with van der Waals surface area (Å²) < 4.78 is 0. The molecule has 1 fully saturated rings. The van der Waals surface area contributed by atoms with Crippen LogP contribution in [0.25, 0.3) is 0 Å². The van der Waals surface area contributed by atoms with E-state index in [1.165, 1.54) is 12.1 Å². The third kappa shape index (κ3) is 4.17. The predicted octanol–water partition coefficient (Wildman–Crippen LogP) is 2.72. The van der Waals surface area contributed by atoms with Gasteiger partial charge in [0.15, 0.2) is 0 Å². The second-order valence-corrected chi connectivity index (χ2v) is 7.37. The van der Waals surface area contributed by atoms with Crippen molar-refractivity contribution in [3.63, 3.8) is 0 Å². The smallest absolute Gasteiger partial charge is 0.335 e. The molecule has 1 aliphatic heterocycles. The number of anilines is 1. The second-order valence-electron chi connectivity index (χ2n) is 7.37. The number of aliphatic hydroxyl groups excluding tert-OH is 1. The van der Waals surface area contributed by atoms with Crippen molar-refractivity contribution < 1.29 is 19.8 Å². The molecule has 1 aliphatic rings. The Kier molecular flexibility index (Phi) is 5.99. The fraction of sp³-hybridized carbons (Fsp3) is 0.364. The highest BCUT2D eigenvalue weighted by molar-refractivity contribution is 5.88. The van der Waals surface area contributed by atoms with Crippen LogP contribution in [0.3, 0.4) is 0 Å². The fourth-order valence-corrected chi connectivity index (χ4v) is 3.98. The molecule has 0 bridgehead atoms. The minimum atomic E-state index is -1.01. The standard InChI is InChI=1S/C22H26N2O4/c1-14(20(21(23)26)15-6-8-16(9-7-15)22(27)28)18-4-2-3-5-19(18)24-12-10-17(25)11-13-24/h2-9,14,17,20,25H,10-13H2,1H3,(H2,23,26)(H,27,28). The molecule has 6 heteroatoms. The van der Waals surface area contributed by atoms with E-state index in [9.17, 15) is 14.7 Å². The first-order valence-electron chi connectivity index (χ1n) is 9.53. The summed E-state index contributed by atoms with van der Waals surface area (Å²) in [6.45, 7) is 3.50. The van der Waals surface area contributed by atoms with Gasteiger partial charge < -0.3 is 20.8 Å². The van der Waals surface area contributed by atoms with E-state index in [1.807, 2.05) is 31.2 Å². The molecule has 0 saturated carbocycles. The number of amides is 1. The minimum absolute atomic E-state index is 0.173. The number of hydrogen-bond acceptors (Lipinski definition) is 4. The van der Waals surface area contributed by atoms with E-state index in [0.717, 1.165) is 37.2 Å². The number of aromatic carboxylic acids is 1. The summed E-state index contributed by atoms with van der Waals surface area (Å²) in [4.78, 5) is 25.7. The van der Waals surface area contributed by atoms with Gasteiger partial charge in [0, 0.05) is 18.8 Å². The van der Waals surface area contributed by atoms with Crippen LogP contribution in [0.5, 0.6) is 0 Å². The van der Waals surface area contributed by atoms with E-state index in [4.69, 9.17) is 10.8 Å². The van der Waals surface area contributed by atoms with Crippen LogP contribution in [0, 0.1) is 0 Å². The van der Waals surface area contributed by atoms with Crippen molar-refractivity contribution in [2.75, 3.05) is 18.0 Å². The van der Waals surface area contributed by atoms with Gasteiger partial charge in [-0.05, 0) is 48.1 Å². The van der Waals surface area contributed by atoms with Gasteiger partial charge >= 0.3 is 5.97 Å². The first-order valence-corrected chi connectivity index (χ1v) is 9.53. The summed E-state index contributed by atoms with van der Waals surface area (Å²) in [6.07, 6.45) is 1.18. The largest absolute Gasteiger partial charge is 0.478 e. The third-order valence-electron chi connectivity index (χ3n) is 5.56. The van der Waals surface area contributed by atoms with Crippen LogP contribution < -0.4 is 10.6 Å². The topological polar surface area (TPSA) is 104 Å². The van der Waals surface area contributed by atoms with E-state index in [-0.39, 0.29) is 17.6 Å². The average Bonchev–Trinajstić information content (AvgIpc) is 2.69. The predicted molar refractivity (Wildman–Crippen MR) is 108 cm³/mol. The maximum atomic E-state index is 12.3. The number of carbonyl (C=O) groups is 2. The average molecular weight is 382 g/mol. The lowest BCUT2D eigenvalue weighted by atomic mass is 9.81. The van der Waals surface area contributed by atoms with Crippen molar-refractivity contribution in [3.8, 4) is 0 Å². The Hall–Kier alpha value is -2.86. The Morgan fingerprint density at radius 1 is 1.07 bits per heavy atom.